The van der Waals surface area contributed by atoms with Crippen molar-refractivity contribution in [1.29, 1.82) is 0 Å². The summed E-state index contributed by atoms with van der Waals surface area (Å²) in [5.74, 6) is 6.38. The molecule has 0 aliphatic heterocycles. The molecule has 0 aromatic rings. The van der Waals surface area contributed by atoms with Gasteiger partial charge in [-0.3, -0.25) is 11.3 Å². The SMILES string of the molecule is CCCCCCCCC(CC(C)CC)NN. The van der Waals surface area contributed by atoms with Crippen LogP contribution in [0.25, 0.3) is 0 Å². The molecule has 0 aromatic carbocycles. The van der Waals surface area contributed by atoms with E-state index in [0.717, 1.165) is 5.92 Å². The first kappa shape index (κ1) is 15.9. The van der Waals surface area contributed by atoms with Crippen LogP contribution in [-0.2, 0) is 0 Å². The summed E-state index contributed by atoms with van der Waals surface area (Å²) in [6.45, 7) is 6.83. The minimum Gasteiger partial charge on any atom is -0.271 e. The van der Waals surface area contributed by atoms with Gasteiger partial charge in [-0.25, -0.2) is 0 Å². The van der Waals surface area contributed by atoms with Gasteiger partial charge < -0.3 is 0 Å². The number of nitrogens with two attached hydrogens (primary N) is 1. The molecule has 0 aromatic heterocycles. The average Bonchev–Trinajstić information content (AvgIpc) is 2.31. The summed E-state index contributed by atoms with van der Waals surface area (Å²) in [4.78, 5) is 0. The van der Waals surface area contributed by atoms with Crippen molar-refractivity contribution in [2.45, 2.75) is 84.6 Å². The number of hydrogen-bond acceptors (Lipinski definition) is 2. The lowest BCUT2D eigenvalue weighted by Gasteiger charge is -2.19. The molecule has 98 valence electrons. The summed E-state index contributed by atoms with van der Waals surface area (Å²) in [5, 5.41) is 0. The fourth-order valence-corrected chi connectivity index (χ4v) is 2.09. The van der Waals surface area contributed by atoms with Gasteiger partial charge in [0, 0.05) is 6.04 Å². The predicted octanol–water partition coefficient (Wildman–Crippen LogP) is 4.01. The number of unbranched alkanes of at least 4 members (excludes halogenated alkanes) is 5. The molecule has 0 bridgehead atoms. The van der Waals surface area contributed by atoms with Crippen molar-refractivity contribution in [2.24, 2.45) is 11.8 Å². The molecule has 0 aliphatic rings. The van der Waals surface area contributed by atoms with Crippen LogP contribution >= 0.6 is 0 Å². The highest BCUT2D eigenvalue weighted by atomic mass is 15.2. The molecule has 16 heavy (non-hydrogen) atoms. The van der Waals surface area contributed by atoms with E-state index in [0.29, 0.717) is 6.04 Å². The Bertz CT molecular complexity index is 137. The summed E-state index contributed by atoms with van der Waals surface area (Å²) in [6, 6.07) is 0.529. The first-order valence-electron chi connectivity index (χ1n) is 7.20. The van der Waals surface area contributed by atoms with Crippen LogP contribution in [-0.4, -0.2) is 6.04 Å². The van der Waals surface area contributed by atoms with Crippen LogP contribution in [0.1, 0.15) is 78.6 Å². The Hall–Kier alpha value is -0.0800. The molecule has 3 N–H and O–H groups in total. The number of hydrogen-bond donors (Lipinski definition) is 2. The molecule has 0 fully saturated rings. The summed E-state index contributed by atoms with van der Waals surface area (Å²) in [6.07, 6.45) is 12.0. The second kappa shape index (κ2) is 11.4. The van der Waals surface area contributed by atoms with Crippen LogP contribution in [0.5, 0.6) is 0 Å². The molecular formula is C14H32N2. The molecule has 0 saturated carbocycles. The summed E-state index contributed by atoms with van der Waals surface area (Å²) in [7, 11) is 0. The monoisotopic (exact) mass is 228 g/mol. The second-order valence-corrected chi connectivity index (χ2v) is 5.17. The summed E-state index contributed by atoms with van der Waals surface area (Å²) in [5.41, 5.74) is 2.97. The summed E-state index contributed by atoms with van der Waals surface area (Å²) < 4.78 is 0. The van der Waals surface area contributed by atoms with Gasteiger partial charge in [0.05, 0.1) is 0 Å². The third-order valence-electron chi connectivity index (χ3n) is 3.53. The fourth-order valence-electron chi connectivity index (χ4n) is 2.09. The van der Waals surface area contributed by atoms with Crippen molar-refractivity contribution in [3.8, 4) is 0 Å². The Morgan fingerprint density at radius 3 is 2.19 bits per heavy atom. The van der Waals surface area contributed by atoms with Gasteiger partial charge in [0.2, 0.25) is 0 Å². The molecule has 0 radical (unpaired) electrons. The molecule has 0 rings (SSSR count). The lowest BCUT2D eigenvalue weighted by atomic mass is 9.96. The van der Waals surface area contributed by atoms with Gasteiger partial charge >= 0.3 is 0 Å². The zero-order valence-corrected chi connectivity index (χ0v) is 11.6. The first-order chi connectivity index (χ1) is 7.74. The van der Waals surface area contributed by atoms with Crippen molar-refractivity contribution >= 4 is 0 Å². The zero-order chi connectivity index (χ0) is 12.2. The Morgan fingerprint density at radius 2 is 1.62 bits per heavy atom. The molecule has 2 unspecified atom stereocenters. The molecule has 0 heterocycles. The van der Waals surface area contributed by atoms with E-state index in [1.54, 1.807) is 0 Å². The highest BCUT2D eigenvalue weighted by Gasteiger charge is 2.09. The van der Waals surface area contributed by atoms with Gasteiger partial charge in [-0.15, -0.1) is 0 Å². The van der Waals surface area contributed by atoms with Crippen LogP contribution in [0.3, 0.4) is 0 Å². The van der Waals surface area contributed by atoms with E-state index in [9.17, 15) is 0 Å². The van der Waals surface area contributed by atoms with Crippen LogP contribution in [0.2, 0.25) is 0 Å². The van der Waals surface area contributed by atoms with Crippen molar-refractivity contribution in [3.05, 3.63) is 0 Å². The fraction of sp³-hybridized carbons (Fsp3) is 1.00. The normalized spacial score (nSPS) is 15.0. The highest BCUT2D eigenvalue weighted by molar-refractivity contribution is 4.67. The van der Waals surface area contributed by atoms with Gasteiger partial charge in [-0.1, -0.05) is 65.7 Å². The molecule has 0 amide bonds. The molecule has 0 spiro atoms. The topological polar surface area (TPSA) is 38.0 Å². The molecule has 2 heteroatoms. The zero-order valence-electron chi connectivity index (χ0n) is 11.6. The van der Waals surface area contributed by atoms with E-state index in [4.69, 9.17) is 5.84 Å². The first-order valence-corrected chi connectivity index (χ1v) is 7.20. The number of rotatable bonds is 11. The van der Waals surface area contributed by atoms with Crippen LogP contribution < -0.4 is 11.3 Å². The van der Waals surface area contributed by atoms with Gasteiger partial charge in [0.15, 0.2) is 0 Å². The maximum Gasteiger partial charge on any atom is 0.0213 e. The van der Waals surface area contributed by atoms with Crippen molar-refractivity contribution < 1.29 is 0 Å². The van der Waals surface area contributed by atoms with Crippen LogP contribution in [0, 0.1) is 5.92 Å². The molecular weight excluding hydrogens is 196 g/mol. The maximum absolute atomic E-state index is 5.59. The number of nitrogens with one attached hydrogen (secondary N) is 1. The third-order valence-corrected chi connectivity index (χ3v) is 3.53. The predicted molar refractivity (Wildman–Crippen MR) is 73.2 cm³/mol. The largest absolute Gasteiger partial charge is 0.271 e. The van der Waals surface area contributed by atoms with E-state index in [1.165, 1.54) is 57.8 Å². The van der Waals surface area contributed by atoms with E-state index >= 15 is 0 Å². The van der Waals surface area contributed by atoms with Gasteiger partial charge in [-0.05, 0) is 18.8 Å². The number of hydrazine groups is 1. The average molecular weight is 228 g/mol. The van der Waals surface area contributed by atoms with Crippen molar-refractivity contribution in [2.75, 3.05) is 0 Å². The minimum absolute atomic E-state index is 0.529. The van der Waals surface area contributed by atoms with E-state index in [1.807, 2.05) is 0 Å². The molecule has 2 atom stereocenters. The Morgan fingerprint density at radius 1 is 1.00 bits per heavy atom. The van der Waals surface area contributed by atoms with Gasteiger partial charge in [0.1, 0.15) is 0 Å². The standard InChI is InChI=1S/C14H32N2/c1-4-6-7-8-9-10-11-14(16-15)12-13(3)5-2/h13-14,16H,4-12,15H2,1-3H3. The molecule has 2 nitrogen and oxygen atoms in total. The quantitative estimate of drug-likeness (QED) is 0.318. The maximum atomic E-state index is 5.59. The third kappa shape index (κ3) is 9.17. The Kier molecular flexibility index (Phi) is 11.3. The van der Waals surface area contributed by atoms with Gasteiger partial charge in [0.25, 0.3) is 0 Å². The van der Waals surface area contributed by atoms with E-state index in [-0.39, 0.29) is 0 Å². The van der Waals surface area contributed by atoms with Crippen molar-refractivity contribution in [3.63, 3.8) is 0 Å². The van der Waals surface area contributed by atoms with Crippen molar-refractivity contribution in [1.82, 2.24) is 5.43 Å². The van der Waals surface area contributed by atoms with E-state index in [2.05, 4.69) is 26.2 Å². The van der Waals surface area contributed by atoms with Crippen LogP contribution in [0.4, 0.5) is 0 Å². The smallest absolute Gasteiger partial charge is 0.0213 e. The Balaban J connectivity index is 3.40. The molecule has 0 aliphatic carbocycles. The minimum atomic E-state index is 0.529. The Labute approximate surface area is 102 Å². The molecule has 0 saturated heterocycles. The van der Waals surface area contributed by atoms with E-state index < -0.39 is 0 Å². The van der Waals surface area contributed by atoms with Crippen LogP contribution in [0.15, 0.2) is 0 Å². The highest BCUT2D eigenvalue weighted by Crippen LogP contribution is 2.15. The second-order valence-electron chi connectivity index (χ2n) is 5.17. The van der Waals surface area contributed by atoms with Gasteiger partial charge in [-0.2, -0.15) is 0 Å². The lowest BCUT2D eigenvalue weighted by molar-refractivity contribution is 0.370. The summed E-state index contributed by atoms with van der Waals surface area (Å²) >= 11 is 0. The lowest BCUT2D eigenvalue weighted by Crippen LogP contribution is -2.36.